The maximum absolute atomic E-state index is 8.94. The predicted octanol–water partition coefficient (Wildman–Crippen LogP) is 2.66. The van der Waals surface area contributed by atoms with Crippen LogP contribution in [0.2, 0.25) is 5.02 Å². The van der Waals surface area contributed by atoms with Gasteiger partial charge in [0.2, 0.25) is 0 Å². The highest BCUT2D eigenvalue weighted by Crippen LogP contribution is 2.21. The zero-order valence-electron chi connectivity index (χ0n) is 8.87. The van der Waals surface area contributed by atoms with Gasteiger partial charge in [0.25, 0.3) is 0 Å². The molecule has 1 aliphatic rings. The molecule has 1 atom stereocenters. The van der Waals surface area contributed by atoms with E-state index in [1.807, 2.05) is 0 Å². The van der Waals surface area contributed by atoms with E-state index in [9.17, 15) is 0 Å². The Kier molecular flexibility index (Phi) is 3.66. The number of hydrogen-bond donors (Lipinski definition) is 1. The fourth-order valence-corrected chi connectivity index (χ4v) is 1.93. The number of nitriles is 1. The molecule has 0 spiro atoms. The Hall–Kier alpha value is -1.24. The average molecular weight is 237 g/mol. The summed E-state index contributed by atoms with van der Waals surface area (Å²) in [6.07, 6.45) is 1.08. The van der Waals surface area contributed by atoms with Crippen LogP contribution >= 0.6 is 11.6 Å². The third kappa shape index (κ3) is 2.66. The standard InChI is InChI=1S/C12H13ClN2O/c13-11-2-1-10(6-14)12(5-11)15-7-9-3-4-16-8-9/h1-2,5,9,15H,3-4,7-8H2. The van der Waals surface area contributed by atoms with Crippen molar-refractivity contribution in [3.05, 3.63) is 28.8 Å². The van der Waals surface area contributed by atoms with Gasteiger partial charge in [0, 0.05) is 24.1 Å². The normalized spacial score (nSPS) is 19.4. The lowest BCUT2D eigenvalue weighted by molar-refractivity contribution is 0.187. The number of nitrogens with one attached hydrogen (secondary N) is 1. The van der Waals surface area contributed by atoms with Crippen LogP contribution in [-0.4, -0.2) is 19.8 Å². The quantitative estimate of drug-likeness (QED) is 0.878. The van der Waals surface area contributed by atoms with Crippen LogP contribution < -0.4 is 5.32 Å². The molecule has 0 aliphatic carbocycles. The van der Waals surface area contributed by atoms with E-state index in [-0.39, 0.29) is 0 Å². The minimum Gasteiger partial charge on any atom is -0.384 e. The van der Waals surface area contributed by atoms with E-state index in [0.717, 1.165) is 31.9 Å². The molecule has 84 valence electrons. The first-order chi connectivity index (χ1) is 7.79. The van der Waals surface area contributed by atoms with Crippen molar-refractivity contribution in [2.24, 2.45) is 5.92 Å². The molecule has 16 heavy (non-hydrogen) atoms. The molecule has 0 aromatic heterocycles. The van der Waals surface area contributed by atoms with Gasteiger partial charge in [-0.25, -0.2) is 0 Å². The van der Waals surface area contributed by atoms with Gasteiger partial charge in [0.05, 0.1) is 17.9 Å². The van der Waals surface area contributed by atoms with Crippen molar-refractivity contribution in [1.29, 1.82) is 5.26 Å². The summed E-state index contributed by atoms with van der Waals surface area (Å²) in [5.41, 5.74) is 1.44. The Balaban J connectivity index is 2.02. The fraction of sp³-hybridized carbons (Fsp3) is 0.417. The van der Waals surface area contributed by atoms with Crippen molar-refractivity contribution in [3.8, 4) is 6.07 Å². The summed E-state index contributed by atoms with van der Waals surface area (Å²) < 4.78 is 5.29. The van der Waals surface area contributed by atoms with Crippen molar-refractivity contribution < 1.29 is 4.74 Å². The van der Waals surface area contributed by atoms with Crippen LogP contribution in [0, 0.1) is 17.2 Å². The fourth-order valence-electron chi connectivity index (χ4n) is 1.76. The molecule has 1 saturated heterocycles. The highest BCUT2D eigenvalue weighted by atomic mass is 35.5. The molecule has 1 aromatic rings. The molecule has 2 rings (SSSR count). The lowest BCUT2D eigenvalue weighted by Crippen LogP contribution is -2.14. The Labute approximate surface area is 100.0 Å². The molecule has 1 heterocycles. The molecule has 1 aromatic carbocycles. The van der Waals surface area contributed by atoms with E-state index in [1.54, 1.807) is 18.2 Å². The highest BCUT2D eigenvalue weighted by Gasteiger charge is 2.15. The molecule has 1 aliphatic heterocycles. The van der Waals surface area contributed by atoms with E-state index in [1.165, 1.54) is 0 Å². The molecule has 0 bridgehead atoms. The van der Waals surface area contributed by atoms with Crippen LogP contribution in [0.25, 0.3) is 0 Å². The van der Waals surface area contributed by atoms with E-state index in [0.29, 0.717) is 16.5 Å². The lowest BCUT2D eigenvalue weighted by Gasteiger charge is -2.12. The van der Waals surface area contributed by atoms with Gasteiger partial charge in [-0.3, -0.25) is 0 Å². The van der Waals surface area contributed by atoms with Crippen LogP contribution in [0.5, 0.6) is 0 Å². The second-order valence-corrected chi connectivity index (χ2v) is 4.35. The molecule has 0 saturated carbocycles. The van der Waals surface area contributed by atoms with Crippen molar-refractivity contribution in [2.45, 2.75) is 6.42 Å². The largest absolute Gasteiger partial charge is 0.384 e. The van der Waals surface area contributed by atoms with Crippen molar-refractivity contribution >= 4 is 17.3 Å². The summed E-state index contributed by atoms with van der Waals surface area (Å²) in [6, 6.07) is 7.39. The minimum absolute atomic E-state index is 0.533. The first-order valence-corrected chi connectivity index (χ1v) is 5.68. The Morgan fingerprint density at radius 1 is 1.56 bits per heavy atom. The van der Waals surface area contributed by atoms with Crippen LogP contribution in [0.3, 0.4) is 0 Å². The Bertz CT molecular complexity index is 408. The zero-order chi connectivity index (χ0) is 11.4. The minimum atomic E-state index is 0.533. The van der Waals surface area contributed by atoms with Crippen LogP contribution in [0.15, 0.2) is 18.2 Å². The molecule has 1 unspecified atom stereocenters. The molecule has 0 amide bonds. The van der Waals surface area contributed by atoms with Gasteiger partial charge < -0.3 is 10.1 Å². The number of anilines is 1. The number of ether oxygens (including phenoxy) is 1. The highest BCUT2D eigenvalue weighted by molar-refractivity contribution is 6.30. The molecule has 4 heteroatoms. The smallest absolute Gasteiger partial charge is 0.101 e. The second kappa shape index (κ2) is 5.20. The maximum Gasteiger partial charge on any atom is 0.101 e. The number of rotatable bonds is 3. The third-order valence-corrected chi connectivity index (χ3v) is 2.94. The third-order valence-electron chi connectivity index (χ3n) is 2.71. The van der Waals surface area contributed by atoms with Crippen molar-refractivity contribution in [1.82, 2.24) is 0 Å². The van der Waals surface area contributed by atoms with Crippen molar-refractivity contribution in [3.63, 3.8) is 0 Å². The van der Waals surface area contributed by atoms with Gasteiger partial charge in [0.15, 0.2) is 0 Å². The SMILES string of the molecule is N#Cc1ccc(Cl)cc1NCC1CCOC1. The summed E-state index contributed by atoms with van der Waals surface area (Å²) in [5.74, 6) is 0.533. The summed E-state index contributed by atoms with van der Waals surface area (Å²) >= 11 is 5.90. The summed E-state index contributed by atoms with van der Waals surface area (Å²) in [5, 5.41) is 12.8. The van der Waals surface area contributed by atoms with E-state index >= 15 is 0 Å². The lowest BCUT2D eigenvalue weighted by atomic mass is 10.1. The number of halogens is 1. The molecule has 0 radical (unpaired) electrons. The molecular formula is C12H13ClN2O. The number of nitrogens with zero attached hydrogens (tertiary/aromatic N) is 1. The summed E-state index contributed by atoms with van der Waals surface area (Å²) in [6.45, 7) is 2.47. The maximum atomic E-state index is 8.94. The van der Waals surface area contributed by atoms with Gasteiger partial charge in [-0.05, 0) is 24.6 Å². The zero-order valence-corrected chi connectivity index (χ0v) is 9.63. The van der Waals surface area contributed by atoms with Gasteiger partial charge in [-0.2, -0.15) is 5.26 Å². The van der Waals surface area contributed by atoms with E-state index in [2.05, 4.69) is 11.4 Å². The number of hydrogen-bond acceptors (Lipinski definition) is 3. The number of benzene rings is 1. The van der Waals surface area contributed by atoms with Gasteiger partial charge in [0.1, 0.15) is 6.07 Å². The average Bonchev–Trinajstić information content (AvgIpc) is 2.79. The summed E-state index contributed by atoms with van der Waals surface area (Å²) in [4.78, 5) is 0. The van der Waals surface area contributed by atoms with Crippen LogP contribution in [0.1, 0.15) is 12.0 Å². The summed E-state index contributed by atoms with van der Waals surface area (Å²) in [7, 11) is 0. The molecule has 3 nitrogen and oxygen atoms in total. The van der Waals surface area contributed by atoms with E-state index < -0.39 is 0 Å². The van der Waals surface area contributed by atoms with Gasteiger partial charge in [-0.15, -0.1) is 0 Å². The van der Waals surface area contributed by atoms with Gasteiger partial charge in [-0.1, -0.05) is 11.6 Å². The van der Waals surface area contributed by atoms with Crippen molar-refractivity contribution in [2.75, 3.05) is 25.1 Å². The monoisotopic (exact) mass is 236 g/mol. The predicted molar refractivity (Wildman–Crippen MR) is 63.6 cm³/mol. The first-order valence-electron chi connectivity index (χ1n) is 5.31. The topological polar surface area (TPSA) is 45.0 Å². The van der Waals surface area contributed by atoms with Crippen LogP contribution in [0.4, 0.5) is 5.69 Å². The van der Waals surface area contributed by atoms with E-state index in [4.69, 9.17) is 21.6 Å². The van der Waals surface area contributed by atoms with Crippen LogP contribution in [-0.2, 0) is 4.74 Å². The Morgan fingerprint density at radius 3 is 3.12 bits per heavy atom. The second-order valence-electron chi connectivity index (χ2n) is 3.91. The first kappa shape index (κ1) is 11.3. The van der Waals surface area contributed by atoms with Gasteiger partial charge >= 0.3 is 0 Å². The Morgan fingerprint density at radius 2 is 2.44 bits per heavy atom. The molecule has 1 N–H and O–H groups in total. The molecule has 1 fully saturated rings. The molecular weight excluding hydrogens is 224 g/mol.